The van der Waals surface area contributed by atoms with Crippen molar-refractivity contribution in [3.05, 3.63) is 34.3 Å². The van der Waals surface area contributed by atoms with Crippen molar-refractivity contribution in [1.29, 1.82) is 0 Å². The quantitative estimate of drug-likeness (QED) is 0.443. The van der Waals surface area contributed by atoms with Gasteiger partial charge in [-0.3, -0.25) is 4.79 Å². The molecule has 0 aliphatic heterocycles. The predicted octanol–water partition coefficient (Wildman–Crippen LogP) is 3.78. The highest BCUT2D eigenvalue weighted by molar-refractivity contribution is 14.1. The van der Waals surface area contributed by atoms with Crippen molar-refractivity contribution < 1.29 is 4.79 Å². The largest absolute Gasteiger partial charge is 0.352 e. The normalized spacial score (nSPS) is 10.1. The van der Waals surface area contributed by atoms with Crippen LogP contribution in [-0.2, 0) is 0 Å². The minimum atomic E-state index is 0.0157. The number of carbonyl (C=O) groups excluding carboxylic acids is 1. The second-order valence-electron chi connectivity index (χ2n) is 3.51. The lowest BCUT2D eigenvalue weighted by molar-refractivity contribution is 0.0953. The highest BCUT2D eigenvalue weighted by Gasteiger charge is 2.03. The SMILES string of the molecule is O=C(NCCCCCI)c1ccc(Br)cc1. The van der Waals surface area contributed by atoms with E-state index in [4.69, 9.17) is 0 Å². The summed E-state index contributed by atoms with van der Waals surface area (Å²) in [6, 6.07) is 7.41. The molecule has 0 atom stereocenters. The van der Waals surface area contributed by atoms with E-state index in [-0.39, 0.29) is 5.91 Å². The molecule has 0 bridgehead atoms. The number of hydrogen-bond donors (Lipinski definition) is 1. The Labute approximate surface area is 118 Å². The first-order chi connectivity index (χ1) is 7.74. The zero-order valence-electron chi connectivity index (χ0n) is 9.01. The Morgan fingerprint density at radius 2 is 1.88 bits per heavy atom. The van der Waals surface area contributed by atoms with Crippen LogP contribution in [0.15, 0.2) is 28.7 Å². The highest BCUT2D eigenvalue weighted by atomic mass is 127. The number of rotatable bonds is 6. The van der Waals surface area contributed by atoms with Gasteiger partial charge in [0, 0.05) is 16.6 Å². The van der Waals surface area contributed by atoms with Crippen molar-refractivity contribution >= 4 is 44.4 Å². The van der Waals surface area contributed by atoms with Gasteiger partial charge < -0.3 is 5.32 Å². The number of hydrogen-bond acceptors (Lipinski definition) is 1. The number of alkyl halides is 1. The summed E-state index contributed by atoms with van der Waals surface area (Å²) in [7, 11) is 0. The fraction of sp³-hybridized carbons (Fsp3) is 0.417. The summed E-state index contributed by atoms with van der Waals surface area (Å²) in [5, 5.41) is 2.92. The number of carbonyl (C=O) groups is 1. The van der Waals surface area contributed by atoms with E-state index in [0.29, 0.717) is 0 Å². The van der Waals surface area contributed by atoms with Crippen LogP contribution in [0.1, 0.15) is 29.6 Å². The van der Waals surface area contributed by atoms with Crippen LogP contribution in [0.5, 0.6) is 0 Å². The molecule has 0 radical (unpaired) electrons. The second-order valence-corrected chi connectivity index (χ2v) is 5.51. The molecule has 0 saturated heterocycles. The van der Waals surface area contributed by atoms with Gasteiger partial charge in [-0.2, -0.15) is 0 Å². The molecule has 16 heavy (non-hydrogen) atoms. The summed E-state index contributed by atoms with van der Waals surface area (Å²) in [5.41, 5.74) is 0.720. The summed E-state index contributed by atoms with van der Waals surface area (Å²) in [5.74, 6) is 0.0157. The number of halogens is 2. The molecule has 0 unspecified atom stereocenters. The Morgan fingerprint density at radius 1 is 1.19 bits per heavy atom. The van der Waals surface area contributed by atoms with E-state index in [1.807, 2.05) is 24.3 Å². The van der Waals surface area contributed by atoms with Crippen LogP contribution in [0.2, 0.25) is 0 Å². The molecule has 0 saturated carbocycles. The molecule has 1 aromatic rings. The zero-order chi connectivity index (χ0) is 11.8. The zero-order valence-corrected chi connectivity index (χ0v) is 12.8. The molecule has 1 aromatic carbocycles. The van der Waals surface area contributed by atoms with Gasteiger partial charge in [0.1, 0.15) is 0 Å². The number of nitrogens with one attached hydrogen (secondary N) is 1. The highest BCUT2D eigenvalue weighted by Crippen LogP contribution is 2.10. The van der Waals surface area contributed by atoms with Crippen LogP contribution in [0.25, 0.3) is 0 Å². The van der Waals surface area contributed by atoms with Gasteiger partial charge in [0.25, 0.3) is 5.91 Å². The topological polar surface area (TPSA) is 29.1 Å². The molecule has 0 aromatic heterocycles. The molecule has 2 nitrogen and oxygen atoms in total. The molecule has 0 aliphatic rings. The summed E-state index contributed by atoms with van der Waals surface area (Å²) in [6.45, 7) is 0.769. The summed E-state index contributed by atoms with van der Waals surface area (Å²) in [4.78, 5) is 11.7. The third-order valence-corrected chi connectivity index (χ3v) is 3.49. The third kappa shape index (κ3) is 5.30. The van der Waals surface area contributed by atoms with Crippen LogP contribution >= 0.6 is 38.5 Å². The molecule has 4 heteroatoms. The minimum absolute atomic E-state index is 0.0157. The molecular weight excluding hydrogens is 381 g/mol. The van der Waals surface area contributed by atoms with Gasteiger partial charge in [-0.15, -0.1) is 0 Å². The van der Waals surface area contributed by atoms with Crippen molar-refractivity contribution in [2.24, 2.45) is 0 Å². The fourth-order valence-corrected chi connectivity index (χ4v) is 2.11. The van der Waals surface area contributed by atoms with Crippen molar-refractivity contribution in [3.63, 3.8) is 0 Å². The maximum absolute atomic E-state index is 11.7. The van der Waals surface area contributed by atoms with Crippen molar-refractivity contribution in [1.82, 2.24) is 5.32 Å². The Kier molecular flexibility index (Phi) is 7.03. The maximum Gasteiger partial charge on any atom is 0.251 e. The Hall–Kier alpha value is -0.100. The lowest BCUT2D eigenvalue weighted by atomic mass is 10.2. The van der Waals surface area contributed by atoms with E-state index in [9.17, 15) is 4.79 Å². The lowest BCUT2D eigenvalue weighted by Crippen LogP contribution is -2.24. The fourth-order valence-electron chi connectivity index (χ4n) is 1.30. The second kappa shape index (κ2) is 8.06. The van der Waals surface area contributed by atoms with Crippen molar-refractivity contribution in [2.45, 2.75) is 19.3 Å². The Bertz CT molecular complexity index is 326. The monoisotopic (exact) mass is 395 g/mol. The summed E-state index contributed by atoms with van der Waals surface area (Å²) in [6.07, 6.45) is 3.48. The van der Waals surface area contributed by atoms with Gasteiger partial charge in [-0.05, 0) is 41.5 Å². The van der Waals surface area contributed by atoms with Gasteiger partial charge in [0.05, 0.1) is 0 Å². The van der Waals surface area contributed by atoms with E-state index in [2.05, 4.69) is 43.8 Å². The molecule has 0 heterocycles. The summed E-state index contributed by atoms with van der Waals surface area (Å²) < 4.78 is 2.18. The van der Waals surface area contributed by atoms with Crippen LogP contribution < -0.4 is 5.32 Å². The Morgan fingerprint density at radius 3 is 2.50 bits per heavy atom. The average Bonchev–Trinajstić information content (AvgIpc) is 2.29. The molecule has 0 spiro atoms. The number of benzene rings is 1. The minimum Gasteiger partial charge on any atom is -0.352 e. The van der Waals surface area contributed by atoms with Crippen molar-refractivity contribution in [2.75, 3.05) is 11.0 Å². The van der Waals surface area contributed by atoms with Gasteiger partial charge >= 0.3 is 0 Å². The van der Waals surface area contributed by atoms with Crippen LogP contribution in [-0.4, -0.2) is 16.9 Å². The van der Waals surface area contributed by atoms with E-state index in [1.54, 1.807) is 0 Å². The van der Waals surface area contributed by atoms with E-state index >= 15 is 0 Å². The predicted molar refractivity (Wildman–Crippen MR) is 79.2 cm³/mol. The molecule has 0 fully saturated rings. The van der Waals surface area contributed by atoms with E-state index < -0.39 is 0 Å². The van der Waals surface area contributed by atoms with E-state index in [1.165, 1.54) is 17.3 Å². The van der Waals surface area contributed by atoms with Crippen LogP contribution in [0.4, 0.5) is 0 Å². The lowest BCUT2D eigenvalue weighted by Gasteiger charge is -2.04. The average molecular weight is 396 g/mol. The smallest absolute Gasteiger partial charge is 0.251 e. The third-order valence-electron chi connectivity index (χ3n) is 2.20. The van der Waals surface area contributed by atoms with E-state index in [0.717, 1.165) is 23.0 Å². The molecule has 1 rings (SSSR count). The first kappa shape index (κ1) is 14.0. The van der Waals surface area contributed by atoms with Gasteiger partial charge in [-0.25, -0.2) is 0 Å². The Balaban J connectivity index is 2.27. The molecule has 1 amide bonds. The number of unbranched alkanes of at least 4 members (excludes halogenated alkanes) is 2. The molecular formula is C12H15BrINO. The standard InChI is InChI=1S/C12H15BrINO/c13-11-6-4-10(5-7-11)12(16)15-9-3-1-2-8-14/h4-7H,1-3,8-9H2,(H,15,16). The molecule has 0 aliphatic carbocycles. The summed E-state index contributed by atoms with van der Waals surface area (Å²) >= 11 is 5.72. The first-order valence-corrected chi connectivity index (χ1v) is 7.65. The van der Waals surface area contributed by atoms with Gasteiger partial charge in [-0.1, -0.05) is 44.9 Å². The maximum atomic E-state index is 11.7. The van der Waals surface area contributed by atoms with Crippen LogP contribution in [0.3, 0.4) is 0 Å². The molecule has 88 valence electrons. The first-order valence-electron chi connectivity index (χ1n) is 5.34. The van der Waals surface area contributed by atoms with Gasteiger partial charge in [0.15, 0.2) is 0 Å². The molecule has 1 N–H and O–H groups in total. The van der Waals surface area contributed by atoms with Crippen molar-refractivity contribution in [3.8, 4) is 0 Å². The number of amides is 1. The van der Waals surface area contributed by atoms with Gasteiger partial charge in [0.2, 0.25) is 0 Å². The van der Waals surface area contributed by atoms with Crippen LogP contribution in [0, 0.1) is 0 Å².